The molecule has 0 aliphatic rings. The standard InChI is InChI=1S/C21H19F2N3O3S/c1-2-28-20(27)9-16-13-30-21(25-16)26-24-11-14-4-3-5-15(8-14)12-29-17-6-7-18(22)19(23)10-17/h3-8,10-11,13H,2,9,12H2,1H3,(H,25,26). The summed E-state index contributed by atoms with van der Waals surface area (Å²) in [5.74, 6) is -1.94. The van der Waals surface area contributed by atoms with Crippen LogP contribution in [-0.2, 0) is 22.6 Å². The van der Waals surface area contributed by atoms with E-state index in [0.717, 1.165) is 23.3 Å². The molecule has 3 rings (SSSR count). The van der Waals surface area contributed by atoms with Gasteiger partial charge in [-0.1, -0.05) is 18.2 Å². The van der Waals surface area contributed by atoms with Gasteiger partial charge in [0.25, 0.3) is 0 Å². The van der Waals surface area contributed by atoms with Crippen molar-refractivity contribution < 1.29 is 23.0 Å². The first-order valence-electron chi connectivity index (χ1n) is 9.09. The lowest BCUT2D eigenvalue weighted by molar-refractivity contribution is -0.142. The van der Waals surface area contributed by atoms with Gasteiger partial charge in [0.15, 0.2) is 11.6 Å². The monoisotopic (exact) mass is 431 g/mol. The first-order chi connectivity index (χ1) is 14.5. The molecule has 9 heteroatoms. The van der Waals surface area contributed by atoms with Gasteiger partial charge < -0.3 is 9.47 Å². The number of carbonyl (C=O) groups is 1. The zero-order valence-corrected chi connectivity index (χ0v) is 16.9. The topological polar surface area (TPSA) is 72.8 Å². The molecule has 0 saturated carbocycles. The third-order valence-corrected chi connectivity index (χ3v) is 4.60. The van der Waals surface area contributed by atoms with E-state index in [0.29, 0.717) is 17.4 Å². The number of esters is 1. The summed E-state index contributed by atoms with van der Waals surface area (Å²) in [5, 5.41) is 6.47. The van der Waals surface area contributed by atoms with Crippen LogP contribution in [0, 0.1) is 11.6 Å². The van der Waals surface area contributed by atoms with Gasteiger partial charge in [-0.05, 0) is 36.2 Å². The van der Waals surface area contributed by atoms with Gasteiger partial charge in [-0.25, -0.2) is 13.8 Å². The Balaban J connectivity index is 1.53. The second-order valence-electron chi connectivity index (χ2n) is 6.11. The van der Waals surface area contributed by atoms with Gasteiger partial charge in [-0.3, -0.25) is 10.2 Å². The predicted molar refractivity (Wildman–Crippen MR) is 111 cm³/mol. The zero-order chi connectivity index (χ0) is 21.3. The summed E-state index contributed by atoms with van der Waals surface area (Å²) in [4.78, 5) is 15.7. The number of halogens is 2. The fourth-order valence-electron chi connectivity index (χ4n) is 2.46. The first-order valence-corrected chi connectivity index (χ1v) is 9.97. The lowest BCUT2D eigenvalue weighted by Crippen LogP contribution is -2.07. The minimum absolute atomic E-state index is 0.121. The average molecular weight is 431 g/mol. The summed E-state index contributed by atoms with van der Waals surface area (Å²) in [6, 6.07) is 10.8. The lowest BCUT2D eigenvalue weighted by atomic mass is 10.1. The van der Waals surface area contributed by atoms with E-state index in [1.54, 1.807) is 18.5 Å². The van der Waals surface area contributed by atoms with E-state index >= 15 is 0 Å². The number of rotatable bonds is 9. The maximum Gasteiger partial charge on any atom is 0.311 e. The number of nitrogens with zero attached hydrogens (tertiary/aromatic N) is 2. The van der Waals surface area contributed by atoms with Crippen LogP contribution in [0.4, 0.5) is 13.9 Å². The van der Waals surface area contributed by atoms with Gasteiger partial charge in [0.2, 0.25) is 5.13 Å². The molecule has 30 heavy (non-hydrogen) atoms. The molecule has 0 atom stereocenters. The fraction of sp³-hybridized carbons (Fsp3) is 0.190. The van der Waals surface area contributed by atoms with Crippen LogP contribution in [0.15, 0.2) is 52.9 Å². The molecular formula is C21H19F2N3O3S. The Bertz CT molecular complexity index is 1040. The quantitative estimate of drug-likeness (QED) is 0.306. The Hall–Kier alpha value is -3.33. The molecule has 3 aromatic rings. The Morgan fingerprint density at radius 3 is 2.90 bits per heavy atom. The van der Waals surface area contributed by atoms with Crippen molar-refractivity contribution in [2.24, 2.45) is 5.10 Å². The molecule has 0 unspecified atom stereocenters. The van der Waals surface area contributed by atoms with Gasteiger partial charge in [-0.15, -0.1) is 11.3 Å². The van der Waals surface area contributed by atoms with Gasteiger partial charge >= 0.3 is 5.97 Å². The van der Waals surface area contributed by atoms with Crippen LogP contribution in [0.5, 0.6) is 5.75 Å². The van der Waals surface area contributed by atoms with Crippen molar-refractivity contribution in [3.8, 4) is 5.75 Å². The first kappa shape index (κ1) is 21.4. The van der Waals surface area contributed by atoms with Crippen molar-refractivity contribution in [1.82, 2.24) is 4.98 Å². The number of hydrazone groups is 1. The molecule has 1 N–H and O–H groups in total. The molecule has 0 amide bonds. The maximum atomic E-state index is 13.2. The van der Waals surface area contributed by atoms with Crippen LogP contribution >= 0.6 is 11.3 Å². The maximum absolute atomic E-state index is 13.2. The molecule has 6 nitrogen and oxygen atoms in total. The van der Waals surface area contributed by atoms with Gasteiger partial charge in [-0.2, -0.15) is 5.10 Å². The molecule has 0 bridgehead atoms. The third kappa shape index (κ3) is 6.35. The van der Waals surface area contributed by atoms with E-state index < -0.39 is 11.6 Å². The van der Waals surface area contributed by atoms with Crippen LogP contribution in [-0.4, -0.2) is 23.8 Å². The summed E-state index contributed by atoms with van der Waals surface area (Å²) in [5.41, 5.74) is 5.10. The predicted octanol–water partition coefficient (Wildman–Crippen LogP) is 4.55. The Labute approximate surface area is 176 Å². The van der Waals surface area contributed by atoms with Crippen LogP contribution in [0.3, 0.4) is 0 Å². The number of aromatic nitrogens is 1. The van der Waals surface area contributed by atoms with E-state index in [4.69, 9.17) is 9.47 Å². The number of thiazole rings is 1. The molecule has 2 aromatic carbocycles. The summed E-state index contributed by atoms with van der Waals surface area (Å²) >= 11 is 1.33. The number of ether oxygens (including phenoxy) is 2. The molecule has 0 spiro atoms. The smallest absolute Gasteiger partial charge is 0.311 e. The highest BCUT2D eigenvalue weighted by Gasteiger charge is 2.08. The zero-order valence-electron chi connectivity index (χ0n) is 16.1. The number of anilines is 1. The largest absolute Gasteiger partial charge is 0.489 e. The second-order valence-corrected chi connectivity index (χ2v) is 6.96. The van der Waals surface area contributed by atoms with Crippen molar-refractivity contribution in [3.63, 3.8) is 0 Å². The number of hydrogen-bond acceptors (Lipinski definition) is 7. The second kappa shape index (κ2) is 10.4. The molecule has 1 heterocycles. The highest BCUT2D eigenvalue weighted by Crippen LogP contribution is 2.18. The minimum Gasteiger partial charge on any atom is -0.489 e. The molecule has 0 aliphatic heterocycles. The van der Waals surface area contributed by atoms with Crippen molar-refractivity contribution in [2.45, 2.75) is 20.0 Å². The van der Waals surface area contributed by atoms with Crippen molar-refractivity contribution in [2.75, 3.05) is 12.0 Å². The molecule has 0 aliphatic carbocycles. The average Bonchev–Trinajstić information content (AvgIpc) is 3.16. The summed E-state index contributed by atoms with van der Waals surface area (Å²) in [7, 11) is 0. The van der Waals surface area contributed by atoms with E-state index in [-0.39, 0.29) is 24.7 Å². The van der Waals surface area contributed by atoms with Crippen molar-refractivity contribution in [3.05, 3.63) is 76.3 Å². The van der Waals surface area contributed by atoms with E-state index in [1.165, 1.54) is 17.4 Å². The van der Waals surface area contributed by atoms with Crippen LogP contribution < -0.4 is 10.2 Å². The van der Waals surface area contributed by atoms with Gasteiger partial charge in [0.05, 0.1) is 24.9 Å². The third-order valence-electron chi connectivity index (χ3n) is 3.80. The van der Waals surface area contributed by atoms with Crippen LogP contribution in [0.2, 0.25) is 0 Å². The summed E-state index contributed by atoms with van der Waals surface area (Å²) < 4.78 is 36.6. The Morgan fingerprint density at radius 1 is 1.23 bits per heavy atom. The molecule has 0 fully saturated rings. The number of nitrogens with one attached hydrogen (secondary N) is 1. The van der Waals surface area contributed by atoms with Gasteiger partial charge in [0, 0.05) is 11.4 Å². The minimum atomic E-state index is -0.952. The Kier molecular flexibility index (Phi) is 7.45. The van der Waals surface area contributed by atoms with Crippen molar-refractivity contribution in [1.29, 1.82) is 0 Å². The highest BCUT2D eigenvalue weighted by atomic mass is 32.1. The molecule has 1 aromatic heterocycles. The van der Waals surface area contributed by atoms with E-state index in [1.807, 2.05) is 24.3 Å². The normalized spacial score (nSPS) is 10.9. The highest BCUT2D eigenvalue weighted by molar-refractivity contribution is 7.13. The van der Waals surface area contributed by atoms with Crippen LogP contribution in [0.1, 0.15) is 23.7 Å². The van der Waals surface area contributed by atoms with E-state index in [9.17, 15) is 13.6 Å². The summed E-state index contributed by atoms with van der Waals surface area (Å²) in [6.45, 7) is 2.29. The molecule has 0 saturated heterocycles. The van der Waals surface area contributed by atoms with Gasteiger partial charge in [0.1, 0.15) is 12.4 Å². The van der Waals surface area contributed by atoms with E-state index in [2.05, 4.69) is 15.5 Å². The number of benzene rings is 2. The fourth-order valence-corrected chi connectivity index (χ4v) is 3.12. The molecule has 0 radical (unpaired) electrons. The van der Waals surface area contributed by atoms with Crippen molar-refractivity contribution >= 4 is 28.7 Å². The molecular weight excluding hydrogens is 412 g/mol. The SMILES string of the molecule is CCOC(=O)Cc1csc(NN=Cc2cccc(COc3ccc(F)c(F)c3)c2)n1. The lowest BCUT2D eigenvalue weighted by Gasteiger charge is -2.07. The number of carbonyl (C=O) groups excluding carboxylic acids is 1. The number of hydrogen-bond donors (Lipinski definition) is 1. The molecule has 156 valence electrons. The Morgan fingerprint density at radius 2 is 2.10 bits per heavy atom. The summed E-state index contributed by atoms with van der Waals surface area (Å²) in [6.07, 6.45) is 1.74. The van der Waals surface area contributed by atoms with Crippen LogP contribution in [0.25, 0.3) is 0 Å².